The first kappa shape index (κ1) is 23.7. The van der Waals surface area contributed by atoms with Gasteiger partial charge in [0, 0.05) is 5.56 Å². The number of carbonyl (C=O) groups excluding carboxylic acids is 1. The van der Waals surface area contributed by atoms with E-state index >= 15 is 0 Å². The zero-order valence-corrected chi connectivity index (χ0v) is 20.7. The summed E-state index contributed by atoms with van der Waals surface area (Å²) in [5.41, 5.74) is 2.12. The minimum absolute atomic E-state index is 0.000306. The highest BCUT2D eigenvalue weighted by Gasteiger charge is 2.43. The molecule has 0 saturated carbocycles. The van der Waals surface area contributed by atoms with Gasteiger partial charge in [0.15, 0.2) is 0 Å². The molecule has 36 heavy (non-hydrogen) atoms. The highest BCUT2D eigenvalue weighted by molar-refractivity contribution is 7.94. The van der Waals surface area contributed by atoms with Gasteiger partial charge >= 0.3 is 6.03 Å². The summed E-state index contributed by atoms with van der Waals surface area (Å²) < 4.78 is 46.2. The molecule has 2 heterocycles. The number of fused-ring (bicyclic) bond motifs is 1. The maximum Gasteiger partial charge on any atom is 0.343 e. The van der Waals surface area contributed by atoms with Gasteiger partial charge in [-0.25, -0.2) is 17.6 Å². The van der Waals surface area contributed by atoms with Crippen molar-refractivity contribution in [3.63, 3.8) is 0 Å². The molecule has 0 aliphatic carbocycles. The van der Waals surface area contributed by atoms with Crippen LogP contribution in [0.3, 0.4) is 0 Å². The Morgan fingerprint density at radius 1 is 0.944 bits per heavy atom. The third kappa shape index (κ3) is 4.13. The van der Waals surface area contributed by atoms with Crippen LogP contribution in [0.5, 0.6) is 0 Å². The molecule has 1 aromatic heterocycles. The summed E-state index contributed by atoms with van der Waals surface area (Å²) in [6.07, 6.45) is 0. The summed E-state index contributed by atoms with van der Waals surface area (Å²) in [6.45, 7) is 6.21. The van der Waals surface area contributed by atoms with Crippen molar-refractivity contribution in [3.05, 3.63) is 90.1 Å². The Bertz CT molecular complexity index is 1540. The van der Waals surface area contributed by atoms with Gasteiger partial charge in [-0.3, -0.25) is 4.90 Å². The average molecular weight is 507 g/mol. The van der Waals surface area contributed by atoms with Gasteiger partial charge in [0.25, 0.3) is 10.0 Å². The molecule has 8 nitrogen and oxygen atoms in total. The number of halogens is 1. The van der Waals surface area contributed by atoms with E-state index in [0.29, 0.717) is 10.1 Å². The van der Waals surface area contributed by atoms with E-state index < -0.39 is 21.9 Å². The van der Waals surface area contributed by atoms with Crippen molar-refractivity contribution in [1.29, 1.82) is 0 Å². The molecule has 0 radical (unpaired) electrons. The number of urea groups is 1. The van der Waals surface area contributed by atoms with Gasteiger partial charge in [-0.2, -0.15) is 9.29 Å². The molecule has 184 valence electrons. The molecule has 0 atom stereocenters. The Balaban J connectivity index is 1.50. The fourth-order valence-electron chi connectivity index (χ4n) is 3.98. The number of para-hydroxylation sites is 1. The predicted molar refractivity (Wildman–Crippen MR) is 133 cm³/mol. The second kappa shape index (κ2) is 8.56. The molecule has 0 saturated heterocycles. The molecule has 2 amide bonds. The molecule has 0 N–H and O–H groups in total. The number of amides is 2. The topological polar surface area (TPSA) is 96.6 Å². The van der Waals surface area contributed by atoms with Crippen LogP contribution in [0.25, 0.3) is 11.4 Å². The van der Waals surface area contributed by atoms with Crippen molar-refractivity contribution in [2.24, 2.45) is 0 Å². The van der Waals surface area contributed by atoms with Crippen LogP contribution in [0, 0.1) is 5.82 Å². The van der Waals surface area contributed by atoms with Gasteiger partial charge in [0.2, 0.25) is 11.7 Å². The summed E-state index contributed by atoms with van der Waals surface area (Å²) in [6, 6.07) is 17.8. The minimum Gasteiger partial charge on any atom is -0.337 e. The van der Waals surface area contributed by atoms with Crippen molar-refractivity contribution < 1.29 is 22.1 Å². The molecule has 0 spiro atoms. The lowest BCUT2D eigenvalue weighted by Gasteiger charge is -2.35. The minimum atomic E-state index is -4.22. The monoisotopic (exact) mass is 506 g/mol. The molecule has 5 rings (SSSR count). The number of nitrogens with zero attached hydrogens (tertiary/aromatic N) is 4. The Morgan fingerprint density at radius 3 is 2.28 bits per heavy atom. The lowest BCUT2D eigenvalue weighted by Crippen LogP contribution is -2.50. The lowest BCUT2D eigenvalue weighted by molar-refractivity contribution is 0.252. The van der Waals surface area contributed by atoms with Gasteiger partial charge in [-0.1, -0.05) is 62.3 Å². The maximum atomic E-state index is 13.5. The SMILES string of the molecule is CC(C)(C)c1ccc(-c2noc(CN3C(=O)N(c4ccc(F)cc4)S(=O)(=O)c4ccccc43)n2)cc1. The molecule has 10 heteroatoms. The van der Waals surface area contributed by atoms with Crippen molar-refractivity contribution in [2.45, 2.75) is 37.6 Å². The summed E-state index contributed by atoms with van der Waals surface area (Å²) in [5, 5.41) is 4.04. The smallest absolute Gasteiger partial charge is 0.337 e. The van der Waals surface area contributed by atoms with Crippen molar-refractivity contribution in [2.75, 3.05) is 9.21 Å². The molecular formula is C26H23FN4O4S. The van der Waals surface area contributed by atoms with Gasteiger partial charge in [0.1, 0.15) is 17.3 Å². The Morgan fingerprint density at radius 2 is 1.61 bits per heavy atom. The Kier molecular flexibility index (Phi) is 5.63. The number of benzene rings is 3. The molecular weight excluding hydrogens is 483 g/mol. The van der Waals surface area contributed by atoms with Gasteiger partial charge in [0.05, 0.1) is 11.4 Å². The Labute approximate surface area is 208 Å². The zero-order valence-electron chi connectivity index (χ0n) is 19.8. The number of hydrogen-bond acceptors (Lipinski definition) is 6. The molecule has 3 aromatic carbocycles. The van der Waals surface area contributed by atoms with E-state index in [2.05, 4.69) is 30.9 Å². The van der Waals surface area contributed by atoms with Crippen LogP contribution in [-0.4, -0.2) is 24.6 Å². The highest BCUT2D eigenvalue weighted by atomic mass is 32.2. The molecule has 1 aliphatic rings. The fourth-order valence-corrected chi connectivity index (χ4v) is 5.57. The van der Waals surface area contributed by atoms with E-state index in [-0.39, 0.29) is 34.1 Å². The summed E-state index contributed by atoms with van der Waals surface area (Å²) >= 11 is 0. The predicted octanol–water partition coefficient (Wildman–Crippen LogP) is 5.51. The van der Waals surface area contributed by atoms with Gasteiger partial charge in [-0.05, 0) is 47.4 Å². The first-order valence-electron chi connectivity index (χ1n) is 11.2. The highest BCUT2D eigenvalue weighted by Crippen LogP contribution is 2.38. The number of aromatic nitrogens is 2. The molecule has 4 aromatic rings. The van der Waals surface area contributed by atoms with E-state index in [1.807, 2.05) is 24.3 Å². The lowest BCUT2D eigenvalue weighted by atomic mass is 9.87. The van der Waals surface area contributed by atoms with Gasteiger partial charge < -0.3 is 4.52 Å². The standard InChI is InChI=1S/C26H23FN4O4S/c1-26(2,3)18-10-8-17(9-11-18)24-28-23(35-29-24)16-30-21-6-4-5-7-22(21)36(33,34)31(25(30)32)20-14-12-19(27)13-15-20/h4-15H,16H2,1-3H3. The molecule has 1 aliphatic heterocycles. The third-order valence-electron chi connectivity index (χ3n) is 5.91. The van der Waals surface area contributed by atoms with Crippen LogP contribution >= 0.6 is 0 Å². The van der Waals surface area contributed by atoms with E-state index in [1.54, 1.807) is 12.1 Å². The van der Waals surface area contributed by atoms with Crippen molar-refractivity contribution in [1.82, 2.24) is 10.1 Å². The number of anilines is 2. The summed E-state index contributed by atoms with van der Waals surface area (Å²) in [4.78, 5) is 19.1. The first-order chi connectivity index (χ1) is 17.1. The van der Waals surface area contributed by atoms with Crippen molar-refractivity contribution >= 4 is 27.4 Å². The second-order valence-electron chi connectivity index (χ2n) is 9.42. The average Bonchev–Trinajstić information content (AvgIpc) is 3.31. The fraction of sp³-hybridized carbons (Fsp3) is 0.192. The number of rotatable bonds is 4. The maximum absolute atomic E-state index is 13.5. The molecule has 0 unspecified atom stereocenters. The van der Waals surface area contributed by atoms with Crippen LogP contribution in [-0.2, 0) is 22.0 Å². The normalized spacial score (nSPS) is 15.2. The Hall–Kier alpha value is -4.05. The van der Waals surface area contributed by atoms with Gasteiger partial charge in [-0.15, -0.1) is 0 Å². The van der Waals surface area contributed by atoms with Crippen LogP contribution in [0.4, 0.5) is 20.6 Å². The van der Waals surface area contributed by atoms with Crippen LogP contribution in [0.15, 0.2) is 82.2 Å². The number of carbonyl (C=O) groups is 1. The number of sulfonamides is 1. The largest absolute Gasteiger partial charge is 0.343 e. The summed E-state index contributed by atoms with van der Waals surface area (Å²) in [7, 11) is -4.22. The quantitative estimate of drug-likeness (QED) is 0.362. The van der Waals surface area contributed by atoms with Crippen LogP contribution in [0.1, 0.15) is 32.2 Å². The van der Waals surface area contributed by atoms with Crippen molar-refractivity contribution in [3.8, 4) is 11.4 Å². The number of hydrogen-bond donors (Lipinski definition) is 0. The molecule has 0 bridgehead atoms. The van der Waals surface area contributed by atoms with E-state index in [9.17, 15) is 17.6 Å². The third-order valence-corrected chi connectivity index (χ3v) is 7.66. The van der Waals surface area contributed by atoms with E-state index in [1.165, 1.54) is 29.2 Å². The summed E-state index contributed by atoms with van der Waals surface area (Å²) in [5.74, 6) is -0.0654. The second-order valence-corrected chi connectivity index (χ2v) is 11.2. The van der Waals surface area contributed by atoms with E-state index in [0.717, 1.165) is 23.3 Å². The van der Waals surface area contributed by atoms with E-state index in [4.69, 9.17) is 4.52 Å². The first-order valence-corrected chi connectivity index (χ1v) is 12.6. The molecule has 0 fully saturated rings. The van der Waals surface area contributed by atoms with Crippen LogP contribution in [0.2, 0.25) is 0 Å². The van der Waals surface area contributed by atoms with Crippen LogP contribution < -0.4 is 9.21 Å². The zero-order chi connectivity index (χ0) is 25.7.